The highest BCUT2D eigenvalue weighted by Crippen LogP contribution is 2.31. The van der Waals surface area contributed by atoms with Crippen molar-refractivity contribution in [3.05, 3.63) is 64.2 Å². The smallest absolute Gasteiger partial charge is 0.0782 e. The van der Waals surface area contributed by atoms with Gasteiger partial charge in [0.1, 0.15) is 0 Å². The number of rotatable bonds is 5. The van der Waals surface area contributed by atoms with Crippen LogP contribution < -0.4 is 11.1 Å². The van der Waals surface area contributed by atoms with Crippen molar-refractivity contribution in [3.8, 4) is 10.6 Å². The van der Waals surface area contributed by atoms with Crippen molar-refractivity contribution in [1.29, 1.82) is 0 Å². The lowest BCUT2D eigenvalue weighted by Crippen LogP contribution is -2.25. The van der Waals surface area contributed by atoms with Gasteiger partial charge in [-0.3, -0.25) is 4.68 Å². The normalized spacial score (nSPS) is 16.8. The Hall–Kier alpha value is -1.95. The Morgan fingerprint density at radius 3 is 3.04 bits per heavy atom. The lowest BCUT2D eigenvalue weighted by molar-refractivity contribution is 0.454. The summed E-state index contributed by atoms with van der Waals surface area (Å²) in [4.78, 5) is 1.26. The van der Waals surface area contributed by atoms with E-state index in [2.05, 4.69) is 52.2 Å². The summed E-state index contributed by atoms with van der Waals surface area (Å²) < 4.78 is 1.98. The number of fused-ring (bicyclic) bond motifs is 1. The Morgan fingerprint density at radius 1 is 1.32 bits per heavy atom. The van der Waals surface area contributed by atoms with E-state index in [1.165, 1.54) is 40.1 Å². The third-order valence-corrected chi connectivity index (χ3v) is 5.88. The molecule has 1 unspecified atom stereocenters. The molecule has 0 spiro atoms. The summed E-state index contributed by atoms with van der Waals surface area (Å²) in [7, 11) is 2.02. The highest BCUT2D eigenvalue weighted by atomic mass is 32.1. The van der Waals surface area contributed by atoms with Crippen LogP contribution in [0.2, 0.25) is 0 Å². The Kier molecular flexibility index (Phi) is 4.70. The zero-order chi connectivity index (χ0) is 17.2. The third-order valence-electron chi connectivity index (χ3n) is 4.99. The summed E-state index contributed by atoms with van der Waals surface area (Å²) in [6, 6.07) is 13.5. The van der Waals surface area contributed by atoms with Crippen LogP contribution >= 0.6 is 11.3 Å². The Morgan fingerprint density at radius 2 is 2.24 bits per heavy atom. The monoisotopic (exact) mass is 352 g/mol. The van der Waals surface area contributed by atoms with Crippen molar-refractivity contribution in [2.45, 2.75) is 38.4 Å². The molecule has 0 bridgehead atoms. The zero-order valence-corrected chi connectivity index (χ0v) is 15.4. The Bertz CT molecular complexity index is 851. The third kappa shape index (κ3) is 3.40. The first-order valence-corrected chi connectivity index (χ1v) is 9.74. The summed E-state index contributed by atoms with van der Waals surface area (Å²) in [6.45, 7) is 1.41. The lowest BCUT2D eigenvalue weighted by atomic mass is 9.86. The van der Waals surface area contributed by atoms with E-state index in [0.717, 1.165) is 18.7 Å². The molecule has 3 aromatic rings. The molecule has 4 nitrogen and oxygen atoms in total. The molecule has 3 N–H and O–H groups in total. The molecule has 1 atom stereocenters. The molecule has 2 heterocycles. The molecule has 1 aliphatic rings. The zero-order valence-electron chi connectivity index (χ0n) is 14.5. The van der Waals surface area contributed by atoms with E-state index >= 15 is 0 Å². The van der Waals surface area contributed by atoms with Gasteiger partial charge in [-0.05, 0) is 53.5 Å². The number of thiophene rings is 1. The molecular weight excluding hydrogens is 328 g/mol. The standard InChI is InChI=1S/C20H24N4S/c1-24-19(20-6-3-9-25-20)11-16(23-24)13-22-18-5-2-4-15-10-14(12-21)7-8-17(15)18/h3,6-11,18,22H,2,4-5,12-13,21H2,1H3. The van der Waals surface area contributed by atoms with Gasteiger partial charge < -0.3 is 11.1 Å². The molecule has 2 aromatic heterocycles. The minimum atomic E-state index is 0.405. The van der Waals surface area contributed by atoms with Crippen molar-refractivity contribution in [1.82, 2.24) is 15.1 Å². The fourth-order valence-corrected chi connectivity index (χ4v) is 4.48. The Balaban J connectivity index is 1.49. The van der Waals surface area contributed by atoms with Gasteiger partial charge in [0.15, 0.2) is 0 Å². The van der Waals surface area contributed by atoms with Crippen LogP contribution in [0.4, 0.5) is 0 Å². The van der Waals surface area contributed by atoms with E-state index in [9.17, 15) is 0 Å². The summed E-state index contributed by atoms with van der Waals surface area (Å²) in [5.41, 5.74) is 12.2. The minimum absolute atomic E-state index is 0.405. The molecule has 1 aromatic carbocycles. The fourth-order valence-electron chi connectivity index (χ4n) is 3.70. The molecule has 130 valence electrons. The molecule has 0 saturated heterocycles. The molecule has 0 fully saturated rings. The maximum absolute atomic E-state index is 5.78. The second-order valence-corrected chi connectivity index (χ2v) is 7.63. The largest absolute Gasteiger partial charge is 0.326 e. The SMILES string of the molecule is Cn1nc(CNC2CCCc3cc(CN)ccc32)cc1-c1cccs1. The first-order valence-electron chi connectivity index (χ1n) is 8.86. The summed E-state index contributed by atoms with van der Waals surface area (Å²) in [5.74, 6) is 0. The number of nitrogens with one attached hydrogen (secondary N) is 1. The predicted molar refractivity (Wildman–Crippen MR) is 103 cm³/mol. The van der Waals surface area contributed by atoms with Gasteiger partial charge in [-0.1, -0.05) is 24.3 Å². The number of nitrogens with two attached hydrogens (primary N) is 1. The molecule has 0 amide bonds. The number of benzene rings is 1. The van der Waals surface area contributed by atoms with Crippen molar-refractivity contribution >= 4 is 11.3 Å². The average molecular weight is 353 g/mol. The van der Waals surface area contributed by atoms with Crippen LogP contribution in [0.1, 0.15) is 41.3 Å². The van der Waals surface area contributed by atoms with Crippen LogP contribution in [-0.4, -0.2) is 9.78 Å². The van der Waals surface area contributed by atoms with Crippen LogP contribution in [0.5, 0.6) is 0 Å². The van der Waals surface area contributed by atoms with Gasteiger partial charge in [0.25, 0.3) is 0 Å². The molecule has 5 heteroatoms. The van der Waals surface area contributed by atoms with Crippen LogP contribution in [0.15, 0.2) is 41.8 Å². The number of hydrogen-bond donors (Lipinski definition) is 2. The van der Waals surface area contributed by atoms with Gasteiger partial charge in [0.05, 0.1) is 16.3 Å². The van der Waals surface area contributed by atoms with Gasteiger partial charge in [-0.2, -0.15) is 5.10 Å². The molecule has 25 heavy (non-hydrogen) atoms. The van der Waals surface area contributed by atoms with Gasteiger partial charge in [-0.15, -0.1) is 11.3 Å². The summed E-state index contributed by atoms with van der Waals surface area (Å²) in [5, 5.41) is 10.5. The van der Waals surface area contributed by atoms with E-state index < -0.39 is 0 Å². The second kappa shape index (κ2) is 7.12. The van der Waals surface area contributed by atoms with Gasteiger partial charge in [-0.25, -0.2) is 0 Å². The average Bonchev–Trinajstić information content (AvgIpc) is 3.28. The highest BCUT2D eigenvalue weighted by molar-refractivity contribution is 7.13. The molecule has 4 rings (SSSR count). The predicted octanol–water partition coefficient (Wildman–Crippen LogP) is 3.77. The van der Waals surface area contributed by atoms with E-state index in [1.807, 2.05) is 11.7 Å². The maximum Gasteiger partial charge on any atom is 0.0782 e. The first kappa shape index (κ1) is 16.5. The number of nitrogens with zero attached hydrogens (tertiary/aromatic N) is 2. The summed E-state index contributed by atoms with van der Waals surface area (Å²) >= 11 is 1.75. The van der Waals surface area contributed by atoms with Crippen LogP contribution in [-0.2, 0) is 26.6 Å². The van der Waals surface area contributed by atoms with Crippen molar-refractivity contribution < 1.29 is 0 Å². The molecule has 1 aliphatic carbocycles. The minimum Gasteiger partial charge on any atom is -0.326 e. The van der Waals surface area contributed by atoms with Gasteiger partial charge in [0.2, 0.25) is 0 Å². The van der Waals surface area contributed by atoms with Crippen LogP contribution in [0, 0.1) is 0 Å². The first-order chi connectivity index (χ1) is 12.2. The van der Waals surface area contributed by atoms with Crippen LogP contribution in [0.3, 0.4) is 0 Å². The topological polar surface area (TPSA) is 55.9 Å². The quantitative estimate of drug-likeness (QED) is 0.735. The molecule has 0 radical (unpaired) electrons. The highest BCUT2D eigenvalue weighted by Gasteiger charge is 2.20. The molecule has 0 aliphatic heterocycles. The van der Waals surface area contributed by atoms with E-state index in [1.54, 1.807) is 11.3 Å². The van der Waals surface area contributed by atoms with Gasteiger partial charge in [0, 0.05) is 26.2 Å². The number of aryl methyl sites for hydroxylation is 2. The second-order valence-electron chi connectivity index (χ2n) is 6.68. The summed E-state index contributed by atoms with van der Waals surface area (Å²) in [6.07, 6.45) is 3.56. The number of hydrogen-bond acceptors (Lipinski definition) is 4. The van der Waals surface area contributed by atoms with E-state index in [4.69, 9.17) is 5.73 Å². The maximum atomic E-state index is 5.78. The van der Waals surface area contributed by atoms with Crippen molar-refractivity contribution in [2.75, 3.05) is 0 Å². The Labute approximate surface area is 152 Å². The van der Waals surface area contributed by atoms with Crippen LogP contribution in [0.25, 0.3) is 10.6 Å². The molecule has 0 saturated carbocycles. The lowest BCUT2D eigenvalue weighted by Gasteiger charge is -2.26. The van der Waals surface area contributed by atoms with Gasteiger partial charge >= 0.3 is 0 Å². The van der Waals surface area contributed by atoms with Crippen molar-refractivity contribution in [3.63, 3.8) is 0 Å². The van der Waals surface area contributed by atoms with Crippen molar-refractivity contribution in [2.24, 2.45) is 12.8 Å². The van der Waals surface area contributed by atoms with E-state index in [-0.39, 0.29) is 0 Å². The number of aromatic nitrogens is 2. The fraction of sp³-hybridized carbons (Fsp3) is 0.350. The van der Waals surface area contributed by atoms with E-state index in [0.29, 0.717) is 12.6 Å². The molecular formula is C20H24N4S.